The molecule has 0 radical (unpaired) electrons. The largest absolute Gasteiger partial charge is 0.481 e. The highest BCUT2D eigenvalue weighted by atomic mass is 16.5. The van der Waals surface area contributed by atoms with Gasteiger partial charge in [-0.25, -0.2) is 0 Å². The molecule has 3 aromatic rings. The molecule has 1 fully saturated rings. The summed E-state index contributed by atoms with van der Waals surface area (Å²) in [5.41, 5.74) is 2.00. The maximum absolute atomic E-state index is 12.5. The van der Waals surface area contributed by atoms with Gasteiger partial charge in [0.2, 0.25) is 0 Å². The van der Waals surface area contributed by atoms with E-state index in [-0.39, 0.29) is 5.91 Å². The molecule has 0 spiro atoms. The summed E-state index contributed by atoms with van der Waals surface area (Å²) in [4.78, 5) is 14.8. The second-order valence-electron chi connectivity index (χ2n) is 7.00. The normalized spacial score (nSPS) is 14.9. The molecule has 4 rings (SSSR count). The average Bonchev–Trinajstić information content (AvgIpc) is 3.23. The van der Waals surface area contributed by atoms with Gasteiger partial charge in [0.05, 0.1) is 0 Å². The van der Waals surface area contributed by atoms with E-state index in [2.05, 4.69) is 28.4 Å². The highest BCUT2D eigenvalue weighted by Crippen LogP contribution is 2.23. The molecular weight excluding hydrogens is 336 g/mol. The number of nitrogens with zero attached hydrogens (tertiary/aromatic N) is 1. The number of hydrogen-bond donors (Lipinski definition) is 1. The van der Waals surface area contributed by atoms with Crippen LogP contribution in [0.4, 0.5) is 11.4 Å². The Hall–Kier alpha value is -3.01. The minimum absolute atomic E-state index is 0.155. The molecule has 0 aromatic heterocycles. The van der Waals surface area contributed by atoms with Crippen molar-refractivity contribution in [2.75, 3.05) is 23.3 Å². The summed E-state index contributed by atoms with van der Waals surface area (Å²) in [5.74, 6) is 0.540. The summed E-state index contributed by atoms with van der Waals surface area (Å²) >= 11 is 0. The van der Waals surface area contributed by atoms with Gasteiger partial charge in [0.25, 0.3) is 5.91 Å². The number of anilines is 2. The lowest BCUT2D eigenvalue weighted by Gasteiger charge is -2.18. The fourth-order valence-electron chi connectivity index (χ4n) is 3.47. The van der Waals surface area contributed by atoms with Crippen LogP contribution in [0.15, 0.2) is 66.7 Å². The lowest BCUT2D eigenvalue weighted by atomic mass is 10.1. The molecule has 1 aliphatic rings. The topological polar surface area (TPSA) is 41.6 Å². The summed E-state index contributed by atoms with van der Waals surface area (Å²) in [5, 5.41) is 5.18. The van der Waals surface area contributed by atoms with Crippen LogP contribution in [0.5, 0.6) is 5.75 Å². The van der Waals surface area contributed by atoms with E-state index in [1.807, 2.05) is 48.5 Å². The monoisotopic (exact) mass is 360 g/mol. The molecule has 3 aromatic carbocycles. The van der Waals surface area contributed by atoms with Crippen LogP contribution in [-0.4, -0.2) is 25.1 Å². The van der Waals surface area contributed by atoms with Gasteiger partial charge in [0, 0.05) is 24.5 Å². The minimum Gasteiger partial charge on any atom is -0.481 e. The van der Waals surface area contributed by atoms with Crippen LogP contribution < -0.4 is 15.0 Å². The van der Waals surface area contributed by atoms with Crippen LogP contribution in [0.3, 0.4) is 0 Å². The van der Waals surface area contributed by atoms with Crippen molar-refractivity contribution in [1.29, 1.82) is 0 Å². The summed E-state index contributed by atoms with van der Waals surface area (Å²) < 4.78 is 5.84. The van der Waals surface area contributed by atoms with Gasteiger partial charge >= 0.3 is 0 Å². The number of amides is 1. The molecule has 4 heteroatoms. The van der Waals surface area contributed by atoms with Gasteiger partial charge < -0.3 is 15.0 Å². The van der Waals surface area contributed by atoms with Crippen molar-refractivity contribution in [2.45, 2.75) is 25.9 Å². The highest BCUT2D eigenvalue weighted by molar-refractivity contribution is 5.94. The molecule has 4 nitrogen and oxygen atoms in total. The molecule has 1 aliphatic heterocycles. The quantitative estimate of drug-likeness (QED) is 0.707. The zero-order valence-electron chi connectivity index (χ0n) is 15.5. The number of fused-ring (bicyclic) bond motifs is 1. The molecule has 1 heterocycles. The Labute approximate surface area is 159 Å². The van der Waals surface area contributed by atoms with Crippen molar-refractivity contribution in [3.05, 3.63) is 66.7 Å². The lowest BCUT2D eigenvalue weighted by Crippen LogP contribution is -2.30. The molecule has 138 valence electrons. The molecular formula is C23H24N2O2. The molecule has 27 heavy (non-hydrogen) atoms. The van der Waals surface area contributed by atoms with Crippen molar-refractivity contribution in [3.63, 3.8) is 0 Å². The van der Waals surface area contributed by atoms with E-state index in [4.69, 9.17) is 4.74 Å². The van der Waals surface area contributed by atoms with Crippen LogP contribution in [0.1, 0.15) is 19.8 Å². The Balaban J connectivity index is 1.38. The SMILES string of the molecule is CC(Oc1ccc2ccccc2c1)C(=O)Nc1ccc(N2CCCC2)cc1. The number of ether oxygens (including phenoxy) is 1. The Morgan fingerprint density at radius 3 is 2.41 bits per heavy atom. The molecule has 1 N–H and O–H groups in total. The van der Waals surface area contributed by atoms with E-state index in [0.29, 0.717) is 5.75 Å². The number of rotatable bonds is 5. The summed E-state index contributed by atoms with van der Waals surface area (Å²) in [6, 6.07) is 22.0. The number of carbonyl (C=O) groups is 1. The Morgan fingerprint density at radius 1 is 0.963 bits per heavy atom. The first-order valence-corrected chi connectivity index (χ1v) is 9.50. The zero-order chi connectivity index (χ0) is 18.6. The van der Waals surface area contributed by atoms with Crippen molar-refractivity contribution in [3.8, 4) is 5.75 Å². The van der Waals surface area contributed by atoms with Crippen molar-refractivity contribution < 1.29 is 9.53 Å². The summed E-state index contributed by atoms with van der Waals surface area (Å²) in [6.07, 6.45) is 1.92. The van der Waals surface area contributed by atoms with E-state index < -0.39 is 6.10 Å². The number of benzene rings is 3. The highest BCUT2D eigenvalue weighted by Gasteiger charge is 2.16. The van der Waals surface area contributed by atoms with Crippen LogP contribution in [0.2, 0.25) is 0 Å². The standard InChI is InChI=1S/C23H24N2O2/c1-17(27-22-13-8-18-6-2-3-7-19(18)16-22)23(26)24-20-9-11-21(12-10-20)25-14-4-5-15-25/h2-3,6-13,16-17H,4-5,14-15H2,1H3,(H,24,26). The smallest absolute Gasteiger partial charge is 0.265 e. The van der Waals surface area contributed by atoms with E-state index in [9.17, 15) is 4.79 Å². The number of nitrogens with one attached hydrogen (secondary N) is 1. The van der Waals surface area contributed by atoms with Gasteiger partial charge in [-0.2, -0.15) is 0 Å². The van der Waals surface area contributed by atoms with Gasteiger partial charge in [-0.1, -0.05) is 30.3 Å². The van der Waals surface area contributed by atoms with Crippen LogP contribution in [0.25, 0.3) is 10.8 Å². The second-order valence-corrected chi connectivity index (χ2v) is 7.00. The van der Waals surface area contributed by atoms with E-state index in [0.717, 1.165) is 29.5 Å². The van der Waals surface area contributed by atoms with Gasteiger partial charge in [-0.05, 0) is 66.9 Å². The first kappa shape index (κ1) is 17.4. The van der Waals surface area contributed by atoms with Crippen LogP contribution in [-0.2, 0) is 4.79 Å². The third-order valence-corrected chi connectivity index (χ3v) is 5.01. The van der Waals surface area contributed by atoms with Crippen LogP contribution in [0, 0.1) is 0 Å². The maximum Gasteiger partial charge on any atom is 0.265 e. The van der Waals surface area contributed by atoms with E-state index in [1.165, 1.54) is 18.5 Å². The third-order valence-electron chi connectivity index (χ3n) is 5.01. The maximum atomic E-state index is 12.5. The second kappa shape index (κ2) is 7.70. The summed E-state index contributed by atoms with van der Waals surface area (Å²) in [6.45, 7) is 3.99. The first-order valence-electron chi connectivity index (χ1n) is 9.50. The molecule has 0 aliphatic carbocycles. The lowest BCUT2D eigenvalue weighted by molar-refractivity contribution is -0.122. The van der Waals surface area contributed by atoms with Crippen molar-refractivity contribution in [2.24, 2.45) is 0 Å². The fraction of sp³-hybridized carbons (Fsp3) is 0.261. The van der Waals surface area contributed by atoms with Crippen molar-refractivity contribution >= 4 is 28.1 Å². The summed E-state index contributed by atoms with van der Waals surface area (Å²) in [7, 11) is 0. The van der Waals surface area contributed by atoms with Gasteiger partial charge in [0.15, 0.2) is 6.10 Å². The molecule has 1 atom stereocenters. The Kier molecular flexibility index (Phi) is 4.97. The van der Waals surface area contributed by atoms with Crippen LogP contribution >= 0.6 is 0 Å². The minimum atomic E-state index is -0.579. The van der Waals surface area contributed by atoms with Crippen molar-refractivity contribution in [1.82, 2.24) is 0 Å². The van der Waals surface area contributed by atoms with Gasteiger partial charge in [-0.3, -0.25) is 4.79 Å². The molecule has 0 bridgehead atoms. The number of hydrogen-bond acceptors (Lipinski definition) is 3. The molecule has 0 saturated carbocycles. The zero-order valence-corrected chi connectivity index (χ0v) is 15.5. The molecule has 1 amide bonds. The number of carbonyl (C=O) groups excluding carboxylic acids is 1. The average molecular weight is 360 g/mol. The predicted octanol–water partition coefficient (Wildman–Crippen LogP) is 4.85. The predicted molar refractivity (Wildman–Crippen MR) is 111 cm³/mol. The van der Waals surface area contributed by atoms with Gasteiger partial charge in [0.1, 0.15) is 5.75 Å². The molecule has 1 saturated heterocycles. The fourth-order valence-corrected chi connectivity index (χ4v) is 3.47. The molecule has 1 unspecified atom stereocenters. The van der Waals surface area contributed by atoms with E-state index in [1.54, 1.807) is 6.92 Å². The Bertz CT molecular complexity index is 931. The first-order chi connectivity index (χ1) is 13.2. The van der Waals surface area contributed by atoms with Gasteiger partial charge in [-0.15, -0.1) is 0 Å². The third kappa shape index (κ3) is 4.05. The Morgan fingerprint density at radius 2 is 1.67 bits per heavy atom. The van der Waals surface area contributed by atoms with E-state index >= 15 is 0 Å².